The van der Waals surface area contributed by atoms with Crippen molar-refractivity contribution in [3.8, 4) is 0 Å². The van der Waals surface area contributed by atoms with Crippen LogP contribution >= 0.6 is 0 Å². The quantitative estimate of drug-likeness (QED) is 0.771. The van der Waals surface area contributed by atoms with Gasteiger partial charge in [0.05, 0.1) is 12.7 Å². The van der Waals surface area contributed by atoms with Gasteiger partial charge in [-0.15, -0.1) is 0 Å². The minimum Gasteiger partial charge on any atom is -0.394 e. The second-order valence-corrected chi connectivity index (χ2v) is 5.91. The van der Waals surface area contributed by atoms with E-state index >= 15 is 0 Å². The molecule has 0 heterocycles. The van der Waals surface area contributed by atoms with E-state index in [4.69, 9.17) is 5.11 Å². The molecular formula is C13H24O3. The summed E-state index contributed by atoms with van der Waals surface area (Å²) in [6.07, 6.45) is 2.23. The summed E-state index contributed by atoms with van der Waals surface area (Å²) >= 11 is 0. The van der Waals surface area contributed by atoms with Crippen LogP contribution in [0.4, 0.5) is 0 Å². The van der Waals surface area contributed by atoms with Gasteiger partial charge >= 0.3 is 0 Å². The molecule has 0 aliphatic heterocycles. The number of Topliss-reactive ketones (excluding diaryl/α,β-unsaturated/α-hetero) is 1. The van der Waals surface area contributed by atoms with E-state index in [-0.39, 0.29) is 12.0 Å². The molecule has 0 radical (unpaired) electrons. The number of aliphatic hydroxyl groups is 2. The van der Waals surface area contributed by atoms with E-state index in [1.165, 1.54) is 0 Å². The molecule has 16 heavy (non-hydrogen) atoms. The first-order valence-electron chi connectivity index (χ1n) is 6.17. The molecule has 3 heteroatoms. The molecule has 0 aromatic heterocycles. The maximum Gasteiger partial charge on any atom is 0.133 e. The Morgan fingerprint density at radius 1 is 1.50 bits per heavy atom. The van der Waals surface area contributed by atoms with E-state index in [0.717, 1.165) is 6.42 Å². The van der Waals surface area contributed by atoms with Gasteiger partial charge in [0.1, 0.15) is 5.78 Å². The Balaban J connectivity index is 2.58. The van der Waals surface area contributed by atoms with Crippen molar-refractivity contribution in [2.24, 2.45) is 17.3 Å². The van der Waals surface area contributed by atoms with Crippen molar-refractivity contribution in [2.75, 3.05) is 6.61 Å². The van der Waals surface area contributed by atoms with Crippen LogP contribution in [0, 0.1) is 17.3 Å². The topological polar surface area (TPSA) is 57.5 Å². The molecule has 0 bridgehead atoms. The van der Waals surface area contributed by atoms with Crippen molar-refractivity contribution in [1.82, 2.24) is 0 Å². The molecule has 0 aromatic carbocycles. The van der Waals surface area contributed by atoms with Gasteiger partial charge < -0.3 is 10.2 Å². The number of carbonyl (C=O) groups excluding carboxylic acids is 1. The van der Waals surface area contributed by atoms with Crippen molar-refractivity contribution in [1.29, 1.82) is 0 Å². The highest BCUT2D eigenvalue weighted by molar-refractivity contribution is 5.80. The molecule has 1 fully saturated rings. The maximum atomic E-state index is 11.5. The molecule has 0 spiro atoms. The summed E-state index contributed by atoms with van der Waals surface area (Å²) in [5, 5.41) is 18.2. The van der Waals surface area contributed by atoms with E-state index in [9.17, 15) is 9.90 Å². The van der Waals surface area contributed by atoms with Gasteiger partial charge in [0.2, 0.25) is 0 Å². The van der Waals surface area contributed by atoms with Gasteiger partial charge in [-0.2, -0.15) is 0 Å². The van der Waals surface area contributed by atoms with Crippen LogP contribution in [0.25, 0.3) is 0 Å². The SMILES string of the molecule is C[C@@H]1CC(=O)CC(C)(C)[C@@H]1CC[C@H](O)CO. The standard InChI is InChI=1S/C13H24O3/c1-9-6-11(16)7-13(2,3)12(9)5-4-10(15)8-14/h9-10,12,14-15H,4-8H2,1-3H3/t9-,10+,12-/m1/s1. The molecule has 1 aliphatic carbocycles. The van der Waals surface area contributed by atoms with Gasteiger partial charge in [-0.3, -0.25) is 4.79 Å². The zero-order valence-electron chi connectivity index (χ0n) is 10.6. The molecule has 0 unspecified atom stereocenters. The normalized spacial score (nSPS) is 31.4. The number of hydrogen-bond acceptors (Lipinski definition) is 3. The minimum atomic E-state index is -0.611. The molecule has 1 aliphatic rings. The maximum absolute atomic E-state index is 11.5. The first-order chi connectivity index (χ1) is 7.36. The lowest BCUT2D eigenvalue weighted by molar-refractivity contribution is -0.127. The zero-order valence-corrected chi connectivity index (χ0v) is 10.6. The third-order valence-electron chi connectivity index (χ3n) is 3.91. The number of ketones is 1. The lowest BCUT2D eigenvalue weighted by Gasteiger charge is -2.42. The van der Waals surface area contributed by atoms with E-state index in [2.05, 4.69) is 20.8 Å². The Labute approximate surface area is 97.9 Å². The number of hydrogen-bond donors (Lipinski definition) is 2. The lowest BCUT2D eigenvalue weighted by atomic mass is 9.62. The summed E-state index contributed by atoms with van der Waals surface area (Å²) in [6, 6.07) is 0. The van der Waals surface area contributed by atoms with Gasteiger partial charge in [0, 0.05) is 12.8 Å². The van der Waals surface area contributed by atoms with Crippen molar-refractivity contribution in [3.05, 3.63) is 0 Å². The molecule has 0 aromatic rings. The summed E-state index contributed by atoms with van der Waals surface area (Å²) < 4.78 is 0. The van der Waals surface area contributed by atoms with Crippen molar-refractivity contribution in [3.63, 3.8) is 0 Å². The fourth-order valence-electron chi connectivity index (χ4n) is 3.12. The van der Waals surface area contributed by atoms with E-state index in [1.807, 2.05) is 0 Å². The molecule has 2 N–H and O–H groups in total. The van der Waals surface area contributed by atoms with Crippen LogP contribution in [0.5, 0.6) is 0 Å². The van der Waals surface area contributed by atoms with E-state index in [1.54, 1.807) is 0 Å². The molecule has 1 saturated carbocycles. The number of rotatable bonds is 4. The predicted molar refractivity (Wildman–Crippen MR) is 63.0 cm³/mol. The van der Waals surface area contributed by atoms with Crippen LogP contribution in [0.15, 0.2) is 0 Å². The largest absolute Gasteiger partial charge is 0.394 e. The van der Waals surface area contributed by atoms with Crippen molar-refractivity contribution in [2.45, 2.75) is 52.6 Å². The average Bonchev–Trinajstić information content (AvgIpc) is 2.14. The van der Waals surface area contributed by atoms with Gasteiger partial charge in [-0.05, 0) is 30.1 Å². The third kappa shape index (κ3) is 3.29. The molecule has 0 amide bonds. The number of aliphatic hydroxyl groups excluding tert-OH is 2. The number of carbonyl (C=O) groups is 1. The van der Waals surface area contributed by atoms with Gasteiger partial charge in [0.15, 0.2) is 0 Å². The summed E-state index contributed by atoms with van der Waals surface area (Å²) in [7, 11) is 0. The van der Waals surface area contributed by atoms with Gasteiger partial charge in [0.25, 0.3) is 0 Å². The van der Waals surface area contributed by atoms with Crippen molar-refractivity contribution >= 4 is 5.78 Å². The molecule has 3 atom stereocenters. The molecule has 1 rings (SSSR count). The van der Waals surface area contributed by atoms with E-state index < -0.39 is 6.10 Å². The van der Waals surface area contributed by atoms with Crippen LogP contribution in [0.3, 0.4) is 0 Å². The van der Waals surface area contributed by atoms with Crippen LogP contribution in [0.2, 0.25) is 0 Å². The monoisotopic (exact) mass is 228 g/mol. The van der Waals surface area contributed by atoms with Gasteiger partial charge in [-0.25, -0.2) is 0 Å². The van der Waals surface area contributed by atoms with Gasteiger partial charge in [-0.1, -0.05) is 20.8 Å². The van der Waals surface area contributed by atoms with Crippen LogP contribution in [-0.4, -0.2) is 28.7 Å². The molecule has 3 nitrogen and oxygen atoms in total. The Hall–Kier alpha value is -0.410. The van der Waals surface area contributed by atoms with Crippen molar-refractivity contribution < 1.29 is 15.0 Å². The average molecular weight is 228 g/mol. The molecule has 0 saturated heterocycles. The summed E-state index contributed by atoms with van der Waals surface area (Å²) in [5.74, 6) is 1.21. The lowest BCUT2D eigenvalue weighted by Crippen LogP contribution is -2.38. The summed E-state index contributed by atoms with van der Waals surface area (Å²) in [6.45, 7) is 6.22. The Morgan fingerprint density at radius 3 is 2.62 bits per heavy atom. The second kappa shape index (κ2) is 5.28. The minimum absolute atomic E-state index is 0.0317. The first kappa shape index (κ1) is 13.7. The van der Waals surface area contributed by atoms with E-state index in [0.29, 0.717) is 36.9 Å². The summed E-state index contributed by atoms with van der Waals surface area (Å²) in [4.78, 5) is 11.5. The molecule has 94 valence electrons. The second-order valence-electron chi connectivity index (χ2n) is 5.91. The smallest absolute Gasteiger partial charge is 0.133 e. The van der Waals surface area contributed by atoms with Crippen LogP contribution in [0.1, 0.15) is 46.5 Å². The zero-order chi connectivity index (χ0) is 12.3. The highest BCUT2D eigenvalue weighted by atomic mass is 16.3. The Morgan fingerprint density at radius 2 is 2.12 bits per heavy atom. The third-order valence-corrected chi connectivity index (χ3v) is 3.91. The van der Waals surface area contributed by atoms with Crippen LogP contribution < -0.4 is 0 Å². The van der Waals surface area contributed by atoms with Crippen LogP contribution in [-0.2, 0) is 4.79 Å². The Kier molecular flexibility index (Phi) is 4.51. The highest BCUT2D eigenvalue weighted by Crippen LogP contribution is 2.44. The highest BCUT2D eigenvalue weighted by Gasteiger charge is 2.40. The molecular weight excluding hydrogens is 204 g/mol. The summed E-state index contributed by atoms with van der Waals surface area (Å²) in [5.41, 5.74) is 0.0317. The predicted octanol–water partition coefficient (Wildman–Crippen LogP) is 1.76. The Bertz CT molecular complexity index is 248. The first-order valence-corrected chi connectivity index (χ1v) is 6.17. The fourth-order valence-corrected chi connectivity index (χ4v) is 3.12. The fraction of sp³-hybridized carbons (Fsp3) is 0.923.